The SMILES string of the molecule is CCC1(c2ccc(C(F)(F)F)cc2CN)C=C([C@@H](C)C(=O)N2C(=O)O[C@@H](c3ccccc3)[C@H]2C)C=CC1OC. The predicted octanol–water partition coefficient (Wildman–Crippen LogP) is 6.07. The van der Waals surface area contributed by atoms with Crippen LogP contribution in [0.4, 0.5) is 18.0 Å². The standard InChI is InChI=1S/C30H33F3N2O4/c1-5-29(24-13-12-23(30(31,32)33)15-22(24)17-34)16-21(11-14-25(29)38-4)18(2)27(36)35-19(3)26(39-28(35)37)20-9-7-6-8-10-20/h6-16,18-19,25-26H,5,17,34H2,1-4H3/t18-,19-,25?,26-,29?/m1/s1. The van der Waals surface area contributed by atoms with Crippen LogP contribution in [0.15, 0.2) is 72.3 Å². The van der Waals surface area contributed by atoms with Crippen LogP contribution in [0.25, 0.3) is 0 Å². The van der Waals surface area contributed by atoms with Crippen LogP contribution in [0.3, 0.4) is 0 Å². The van der Waals surface area contributed by atoms with Crippen LogP contribution in [-0.2, 0) is 32.4 Å². The van der Waals surface area contributed by atoms with Crippen molar-refractivity contribution in [2.45, 2.75) is 63.6 Å². The van der Waals surface area contributed by atoms with Crippen molar-refractivity contribution in [2.75, 3.05) is 7.11 Å². The first-order chi connectivity index (χ1) is 18.5. The smallest absolute Gasteiger partial charge is 0.417 e. The maximum absolute atomic E-state index is 13.7. The first-order valence-corrected chi connectivity index (χ1v) is 12.9. The molecule has 2 aromatic rings. The molecule has 2 amide bonds. The Kier molecular flexibility index (Phi) is 8.04. The highest BCUT2D eigenvalue weighted by molar-refractivity contribution is 5.96. The number of hydrogen-bond acceptors (Lipinski definition) is 5. The Morgan fingerprint density at radius 1 is 1.21 bits per heavy atom. The molecule has 39 heavy (non-hydrogen) atoms. The number of imide groups is 1. The molecule has 0 radical (unpaired) electrons. The maximum atomic E-state index is 13.7. The Balaban J connectivity index is 1.71. The molecular weight excluding hydrogens is 509 g/mol. The molecular formula is C30H33F3N2O4. The van der Waals surface area contributed by atoms with Gasteiger partial charge >= 0.3 is 12.3 Å². The van der Waals surface area contributed by atoms with Gasteiger partial charge in [-0.1, -0.05) is 61.5 Å². The molecule has 6 nitrogen and oxygen atoms in total. The highest BCUT2D eigenvalue weighted by atomic mass is 19.4. The van der Waals surface area contributed by atoms with Crippen molar-refractivity contribution >= 4 is 12.0 Å². The van der Waals surface area contributed by atoms with E-state index in [4.69, 9.17) is 15.2 Å². The molecule has 1 saturated heterocycles. The average molecular weight is 543 g/mol. The molecule has 0 bridgehead atoms. The molecule has 2 aromatic carbocycles. The minimum atomic E-state index is -4.50. The van der Waals surface area contributed by atoms with Gasteiger partial charge in [0.1, 0.15) is 6.10 Å². The predicted molar refractivity (Wildman–Crippen MR) is 140 cm³/mol. The first-order valence-electron chi connectivity index (χ1n) is 12.9. The summed E-state index contributed by atoms with van der Waals surface area (Å²) in [5.41, 5.74) is 6.64. The molecule has 1 heterocycles. The normalized spacial score (nSPS) is 25.8. The topological polar surface area (TPSA) is 81.9 Å². The third-order valence-corrected chi connectivity index (χ3v) is 7.89. The van der Waals surface area contributed by atoms with Crippen LogP contribution >= 0.6 is 0 Å². The van der Waals surface area contributed by atoms with Gasteiger partial charge < -0.3 is 15.2 Å². The number of hydrogen-bond donors (Lipinski definition) is 1. The molecule has 9 heteroatoms. The maximum Gasteiger partial charge on any atom is 0.417 e. The number of allylic oxidation sites excluding steroid dienone is 1. The number of nitrogens with two attached hydrogens (primary N) is 1. The fraction of sp³-hybridized carbons (Fsp3) is 0.400. The third kappa shape index (κ3) is 5.13. The fourth-order valence-electron chi connectivity index (χ4n) is 5.67. The van der Waals surface area contributed by atoms with E-state index >= 15 is 0 Å². The number of rotatable bonds is 7. The van der Waals surface area contributed by atoms with Crippen molar-refractivity contribution in [1.29, 1.82) is 0 Å². The second-order valence-electron chi connectivity index (χ2n) is 10.0. The largest absolute Gasteiger partial charge is 0.439 e. The molecule has 2 aliphatic rings. The minimum absolute atomic E-state index is 0.100. The van der Waals surface area contributed by atoms with Gasteiger partial charge in [-0.25, -0.2) is 9.69 Å². The van der Waals surface area contributed by atoms with Crippen LogP contribution in [0.1, 0.15) is 55.5 Å². The minimum Gasteiger partial charge on any atom is -0.439 e. The molecule has 2 N–H and O–H groups in total. The lowest BCUT2D eigenvalue weighted by molar-refractivity contribution is -0.137. The number of cyclic esters (lactones) is 1. The van der Waals surface area contributed by atoms with Crippen molar-refractivity contribution in [3.63, 3.8) is 0 Å². The second-order valence-corrected chi connectivity index (χ2v) is 10.0. The van der Waals surface area contributed by atoms with E-state index in [0.29, 0.717) is 23.1 Å². The van der Waals surface area contributed by atoms with Crippen LogP contribution in [-0.4, -0.2) is 36.2 Å². The van der Waals surface area contributed by atoms with Crippen molar-refractivity contribution in [3.8, 4) is 0 Å². The van der Waals surface area contributed by atoms with Gasteiger partial charge in [0.2, 0.25) is 5.91 Å². The lowest BCUT2D eigenvalue weighted by Crippen LogP contribution is -2.44. The van der Waals surface area contributed by atoms with Gasteiger partial charge in [0.05, 0.1) is 23.6 Å². The Morgan fingerprint density at radius 2 is 1.90 bits per heavy atom. The van der Waals surface area contributed by atoms with E-state index in [2.05, 4.69) is 0 Å². The summed E-state index contributed by atoms with van der Waals surface area (Å²) in [6.07, 6.45) is -0.375. The third-order valence-electron chi connectivity index (χ3n) is 7.89. The Hall–Kier alpha value is -3.43. The summed E-state index contributed by atoms with van der Waals surface area (Å²) in [4.78, 5) is 27.6. The van der Waals surface area contributed by atoms with Gasteiger partial charge in [-0.2, -0.15) is 13.2 Å². The molecule has 0 spiro atoms. The molecule has 1 aliphatic carbocycles. The second kappa shape index (κ2) is 11.0. The summed E-state index contributed by atoms with van der Waals surface area (Å²) in [5.74, 6) is -1.15. The first kappa shape index (κ1) is 28.6. The van der Waals surface area contributed by atoms with E-state index < -0.39 is 53.3 Å². The zero-order chi connectivity index (χ0) is 28.5. The summed E-state index contributed by atoms with van der Waals surface area (Å²) in [5, 5.41) is 0. The number of benzene rings is 2. The Morgan fingerprint density at radius 3 is 2.49 bits per heavy atom. The summed E-state index contributed by atoms with van der Waals surface area (Å²) in [6.45, 7) is 5.29. The van der Waals surface area contributed by atoms with E-state index in [1.54, 1.807) is 26.0 Å². The van der Waals surface area contributed by atoms with Crippen molar-refractivity contribution in [1.82, 2.24) is 4.90 Å². The van der Waals surface area contributed by atoms with E-state index in [9.17, 15) is 22.8 Å². The molecule has 0 aromatic heterocycles. The number of alkyl halides is 3. The van der Waals surface area contributed by atoms with Gasteiger partial charge in [0.15, 0.2) is 0 Å². The van der Waals surface area contributed by atoms with E-state index in [0.717, 1.165) is 22.6 Å². The van der Waals surface area contributed by atoms with Gasteiger partial charge in [-0.05, 0) is 54.7 Å². The number of halogens is 3. The molecule has 0 saturated carbocycles. The van der Waals surface area contributed by atoms with Gasteiger partial charge in [-0.3, -0.25) is 4.79 Å². The number of nitrogens with zero attached hydrogens (tertiary/aromatic N) is 1. The summed E-state index contributed by atoms with van der Waals surface area (Å²) in [7, 11) is 1.53. The summed E-state index contributed by atoms with van der Waals surface area (Å²) < 4.78 is 51.6. The molecule has 5 atom stereocenters. The van der Waals surface area contributed by atoms with Gasteiger partial charge in [0, 0.05) is 19.1 Å². The number of carbonyl (C=O) groups is 2. The highest BCUT2D eigenvalue weighted by Crippen LogP contribution is 2.44. The molecule has 1 aliphatic heterocycles. The zero-order valence-corrected chi connectivity index (χ0v) is 22.4. The van der Waals surface area contributed by atoms with Crippen LogP contribution in [0.5, 0.6) is 0 Å². The summed E-state index contributed by atoms with van der Waals surface area (Å²) >= 11 is 0. The van der Waals surface area contributed by atoms with Crippen molar-refractivity contribution in [3.05, 3.63) is 94.6 Å². The van der Waals surface area contributed by atoms with Crippen LogP contribution in [0.2, 0.25) is 0 Å². The van der Waals surface area contributed by atoms with Gasteiger partial charge in [0.25, 0.3) is 0 Å². The van der Waals surface area contributed by atoms with E-state index in [1.165, 1.54) is 13.2 Å². The Bertz CT molecular complexity index is 1290. The van der Waals surface area contributed by atoms with E-state index in [1.807, 2.05) is 43.3 Å². The summed E-state index contributed by atoms with van der Waals surface area (Å²) in [6, 6.07) is 12.3. The zero-order valence-electron chi connectivity index (χ0n) is 22.4. The molecule has 208 valence electrons. The molecule has 4 rings (SSSR count). The molecule has 2 unspecified atom stereocenters. The average Bonchev–Trinajstić information content (AvgIpc) is 3.24. The number of methoxy groups -OCH3 is 1. The Labute approximate surface area is 226 Å². The van der Waals surface area contributed by atoms with Crippen molar-refractivity contribution < 1.29 is 32.2 Å². The number of carbonyl (C=O) groups excluding carboxylic acids is 2. The highest BCUT2D eigenvalue weighted by Gasteiger charge is 2.46. The lowest BCUT2D eigenvalue weighted by Gasteiger charge is -2.41. The van der Waals surface area contributed by atoms with Gasteiger partial charge in [-0.15, -0.1) is 0 Å². The van der Waals surface area contributed by atoms with Crippen LogP contribution in [0, 0.1) is 5.92 Å². The number of amides is 2. The molecule has 1 fully saturated rings. The van der Waals surface area contributed by atoms with E-state index in [-0.39, 0.29) is 6.54 Å². The number of ether oxygens (including phenoxy) is 2. The lowest BCUT2D eigenvalue weighted by atomic mass is 9.67. The fourth-order valence-corrected chi connectivity index (χ4v) is 5.67. The quantitative estimate of drug-likeness (QED) is 0.460. The van der Waals surface area contributed by atoms with Crippen molar-refractivity contribution in [2.24, 2.45) is 11.7 Å². The monoisotopic (exact) mass is 542 g/mol. The van der Waals surface area contributed by atoms with Crippen LogP contribution < -0.4 is 5.73 Å².